The summed E-state index contributed by atoms with van der Waals surface area (Å²) in [7, 11) is 0. The third-order valence-electron chi connectivity index (χ3n) is 3.83. The van der Waals surface area contributed by atoms with Crippen LogP contribution in [0.25, 0.3) is 0 Å². The van der Waals surface area contributed by atoms with Crippen LogP contribution >= 0.6 is 11.6 Å². The molecule has 2 aromatic rings. The number of anilines is 1. The zero-order valence-electron chi connectivity index (χ0n) is 11.4. The van der Waals surface area contributed by atoms with Crippen LogP contribution in [-0.2, 0) is 0 Å². The lowest BCUT2D eigenvalue weighted by molar-refractivity contribution is 0.776. The molecule has 3 N–H and O–H groups in total. The molecule has 2 nitrogen and oxygen atoms in total. The molecule has 0 aromatic heterocycles. The van der Waals surface area contributed by atoms with Crippen molar-refractivity contribution in [2.24, 2.45) is 5.73 Å². The van der Waals surface area contributed by atoms with Gasteiger partial charge in [0.15, 0.2) is 0 Å². The molecule has 0 heterocycles. The molecule has 0 radical (unpaired) electrons. The van der Waals surface area contributed by atoms with Crippen molar-refractivity contribution in [1.29, 1.82) is 0 Å². The van der Waals surface area contributed by atoms with Crippen molar-refractivity contribution in [3.63, 3.8) is 0 Å². The SMILES string of the molecule is NCC(Nc1ccccc1Cl)c1ccccc1C1CC1. The van der Waals surface area contributed by atoms with E-state index in [2.05, 4.69) is 29.6 Å². The summed E-state index contributed by atoms with van der Waals surface area (Å²) in [5.41, 5.74) is 9.66. The Kier molecular flexibility index (Phi) is 3.95. The van der Waals surface area contributed by atoms with E-state index in [0.717, 1.165) is 10.7 Å². The average Bonchev–Trinajstić information content (AvgIpc) is 3.31. The van der Waals surface area contributed by atoms with Crippen LogP contribution < -0.4 is 11.1 Å². The molecule has 104 valence electrons. The zero-order chi connectivity index (χ0) is 13.9. The minimum Gasteiger partial charge on any atom is -0.376 e. The van der Waals surface area contributed by atoms with Gasteiger partial charge in [-0.05, 0) is 42.0 Å². The highest BCUT2D eigenvalue weighted by Gasteiger charge is 2.27. The van der Waals surface area contributed by atoms with Crippen molar-refractivity contribution in [3.05, 3.63) is 64.7 Å². The smallest absolute Gasteiger partial charge is 0.0639 e. The van der Waals surface area contributed by atoms with Crippen LogP contribution in [0.15, 0.2) is 48.5 Å². The van der Waals surface area contributed by atoms with Gasteiger partial charge in [-0.25, -0.2) is 0 Å². The van der Waals surface area contributed by atoms with Gasteiger partial charge < -0.3 is 11.1 Å². The number of halogens is 1. The van der Waals surface area contributed by atoms with Gasteiger partial charge in [-0.1, -0.05) is 48.0 Å². The molecule has 0 bridgehead atoms. The summed E-state index contributed by atoms with van der Waals surface area (Å²) in [5.74, 6) is 0.716. The first-order valence-electron chi connectivity index (χ1n) is 7.09. The Morgan fingerprint density at radius 3 is 2.50 bits per heavy atom. The standard InChI is InChI=1S/C17H19ClN2/c18-15-7-3-4-8-16(15)20-17(11-19)14-6-2-1-5-13(14)12-9-10-12/h1-8,12,17,20H,9-11,19H2. The normalized spacial score (nSPS) is 15.9. The molecule has 3 heteroatoms. The molecule has 0 aliphatic heterocycles. The van der Waals surface area contributed by atoms with Crippen molar-refractivity contribution in [2.75, 3.05) is 11.9 Å². The third-order valence-corrected chi connectivity index (χ3v) is 4.16. The van der Waals surface area contributed by atoms with E-state index in [0.29, 0.717) is 12.5 Å². The first-order valence-corrected chi connectivity index (χ1v) is 7.47. The first kappa shape index (κ1) is 13.5. The van der Waals surface area contributed by atoms with Crippen LogP contribution in [0, 0.1) is 0 Å². The number of benzene rings is 2. The minimum atomic E-state index is 0.103. The maximum atomic E-state index is 6.22. The van der Waals surface area contributed by atoms with Gasteiger partial charge in [0.2, 0.25) is 0 Å². The van der Waals surface area contributed by atoms with Crippen molar-refractivity contribution < 1.29 is 0 Å². The summed E-state index contributed by atoms with van der Waals surface area (Å²) >= 11 is 6.22. The fourth-order valence-electron chi connectivity index (χ4n) is 2.62. The lowest BCUT2D eigenvalue weighted by Crippen LogP contribution is -2.22. The Bertz CT molecular complexity index is 593. The van der Waals surface area contributed by atoms with E-state index in [9.17, 15) is 0 Å². The molecule has 0 spiro atoms. The lowest BCUT2D eigenvalue weighted by atomic mass is 9.97. The molecule has 1 aliphatic carbocycles. The van der Waals surface area contributed by atoms with Crippen LogP contribution in [0.1, 0.15) is 35.9 Å². The van der Waals surface area contributed by atoms with E-state index in [1.165, 1.54) is 24.0 Å². The van der Waals surface area contributed by atoms with Crippen molar-refractivity contribution in [3.8, 4) is 0 Å². The van der Waals surface area contributed by atoms with E-state index in [1.54, 1.807) is 0 Å². The van der Waals surface area contributed by atoms with Gasteiger partial charge in [0.25, 0.3) is 0 Å². The minimum absolute atomic E-state index is 0.103. The van der Waals surface area contributed by atoms with Crippen LogP contribution in [0.4, 0.5) is 5.69 Å². The topological polar surface area (TPSA) is 38.0 Å². The Balaban J connectivity index is 1.89. The van der Waals surface area contributed by atoms with Gasteiger partial charge >= 0.3 is 0 Å². The second kappa shape index (κ2) is 5.86. The second-order valence-corrected chi connectivity index (χ2v) is 5.72. The van der Waals surface area contributed by atoms with Crippen LogP contribution in [0.3, 0.4) is 0 Å². The summed E-state index contributed by atoms with van der Waals surface area (Å²) in [6.07, 6.45) is 2.58. The fraction of sp³-hybridized carbons (Fsp3) is 0.294. The number of para-hydroxylation sites is 1. The van der Waals surface area contributed by atoms with Crippen LogP contribution in [0.2, 0.25) is 5.02 Å². The number of hydrogen-bond acceptors (Lipinski definition) is 2. The summed E-state index contributed by atoms with van der Waals surface area (Å²) < 4.78 is 0. The predicted molar refractivity (Wildman–Crippen MR) is 85.3 cm³/mol. The summed E-state index contributed by atoms with van der Waals surface area (Å²) in [4.78, 5) is 0. The monoisotopic (exact) mass is 286 g/mol. The number of hydrogen-bond donors (Lipinski definition) is 2. The van der Waals surface area contributed by atoms with Crippen molar-refractivity contribution in [1.82, 2.24) is 0 Å². The number of rotatable bonds is 5. The van der Waals surface area contributed by atoms with E-state index < -0.39 is 0 Å². The maximum absolute atomic E-state index is 6.22. The van der Waals surface area contributed by atoms with Gasteiger partial charge in [-0.2, -0.15) is 0 Å². The quantitative estimate of drug-likeness (QED) is 0.858. The Morgan fingerprint density at radius 1 is 1.10 bits per heavy atom. The van der Waals surface area contributed by atoms with E-state index in [4.69, 9.17) is 17.3 Å². The predicted octanol–water partition coefficient (Wildman–Crippen LogP) is 4.33. The van der Waals surface area contributed by atoms with E-state index in [-0.39, 0.29) is 6.04 Å². The summed E-state index contributed by atoms with van der Waals surface area (Å²) in [6.45, 7) is 0.551. The average molecular weight is 287 g/mol. The Hall–Kier alpha value is -1.51. The summed E-state index contributed by atoms with van der Waals surface area (Å²) in [6, 6.07) is 16.5. The van der Waals surface area contributed by atoms with Crippen LogP contribution in [0.5, 0.6) is 0 Å². The molecule has 0 amide bonds. The molecule has 3 rings (SSSR count). The van der Waals surface area contributed by atoms with Crippen LogP contribution in [-0.4, -0.2) is 6.54 Å². The fourth-order valence-corrected chi connectivity index (χ4v) is 2.81. The largest absolute Gasteiger partial charge is 0.376 e. The van der Waals surface area contributed by atoms with Gasteiger partial charge in [0.1, 0.15) is 0 Å². The third kappa shape index (κ3) is 2.82. The Labute approximate surface area is 125 Å². The molecule has 1 aliphatic rings. The lowest BCUT2D eigenvalue weighted by Gasteiger charge is -2.22. The van der Waals surface area contributed by atoms with Crippen molar-refractivity contribution >= 4 is 17.3 Å². The molecular weight excluding hydrogens is 268 g/mol. The second-order valence-electron chi connectivity index (χ2n) is 5.32. The first-order chi connectivity index (χ1) is 9.79. The molecule has 2 aromatic carbocycles. The van der Waals surface area contributed by atoms with Gasteiger partial charge in [0, 0.05) is 6.54 Å². The van der Waals surface area contributed by atoms with Gasteiger partial charge in [-0.15, -0.1) is 0 Å². The molecule has 0 saturated heterocycles. The molecular formula is C17H19ClN2. The molecule has 1 atom stereocenters. The molecule has 1 unspecified atom stereocenters. The zero-order valence-corrected chi connectivity index (χ0v) is 12.1. The summed E-state index contributed by atoms with van der Waals surface area (Å²) in [5, 5.41) is 4.21. The molecule has 1 fully saturated rings. The van der Waals surface area contributed by atoms with Crippen molar-refractivity contribution in [2.45, 2.75) is 24.8 Å². The highest BCUT2D eigenvalue weighted by Crippen LogP contribution is 2.43. The van der Waals surface area contributed by atoms with E-state index in [1.807, 2.05) is 24.3 Å². The maximum Gasteiger partial charge on any atom is 0.0639 e. The highest BCUT2D eigenvalue weighted by molar-refractivity contribution is 6.33. The Morgan fingerprint density at radius 2 is 1.80 bits per heavy atom. The molecule has 1 saturated carbocycles. The van der Waals surface area contributed by atoms with Gasteiger partial charge in [0.05, 0.1) is 16.8 Å². The van der Waals surface area contributed by atoms with Gasteiger partial charge in [-0.3, -0.25) is 0 Å². The number of nitrogens with one attached hydrogen (secondary N) is 1. The number of nitrogens with two attached hydrogens (primary N) is 1. The van der Waals surface area contributed by atoms with E-state index >= 15 is 0 Å². The molecule has 20 heavy (non-hydrogen) atoms. The highest BCUT2D eigenvalue weighted by atomic mass is 35.5.